The highest BCUT2D eigenvalue weighted by Gasteiger charge is 2.30. The largest absolute Gasteiger partial charge is 0.497 e. The minimum Gasteiger partial charge on any atom is -0.497 e. The second-order valence-electron chi connectivity index (χ2n) is 8.15. The van der Waals surface area contributed by atoms with Crippen LogP contribution < -0.4 is 9.47 Å². The zero-order valence-corrected chi connectivity index (χ0v) is 20.5. The molecular weight excluding hydrogens is 460 g/mol. The number of carbonyl (C=O) groups is 1. The molecular formula is C24H30N2O5S2. The number of rotatable bonds is 9. The summed E-state index contributed by atoms with van der Waals surface area (Å²) in [4.78, 5) is 14.7. The molecule has 0 radical (unpaired) electrons. The summed E-state index contributed by atoms with van der Waals surface area (Å²) < 4.78 is 38.4. The first-order valence-electron chi connectivity index (χ1n) is 11.2. The maximum absolute atomic E-state index is 13.1. The van der Waals surface area contributed by atoms with Crippen LogP contribution >= 0.6 is 11.8 Å². The van der Waals surface area contributed by atoms with Crippen LogP contribution in [0.3, 0.4) is 0 Å². The van der Waals surface area contributed by atoms with E-state index in [-0.39, 0.29) is 5.91 Å². The first kappa shape index (κ1) is 23.9. The van der Waals surface area contributed by atoms with Crippen molar-refractivity contribution in [1.29, 1.82) is 0 Å². The average Bonchev–Trinajstić information content (AvgIpc) is 3.32. The van der Waals surface area contributed by atoms with Gasteiger partial charge in [0.1, 0.15) is 11.5 Å². The normalized spacial score (nSPS) is 16.5. The van der Waals surface area contributed by atoms with Crippen molar-refractivity contribution in [2.24, 2.45) is 0 Å². The standard InChI is InChI=1S/C24H30N2O5S2/c1-30-21-6-8-22(9-7-21)31-15-16-32-18-24(27)25-11-13-26(14-12-25)33(28,29)23-10-5-19-3-2-4-20(19)17-23/h5-10,17H,2-4,11-16,18H2,1H3. The van der Waals surface area contributed by atoms with Crippen molar-refractivity contribution in [2.75, 3.05) is 51.4 Å². The number of amides is 1. The van der Waals surface area contributed by atoms with Crippen LogP contribution in [0.5, 0.6) is 11.5 Å². The number of hydrogen-bond donors (Lipinski definition) is 0. The Labute approximate surface area is 200 Å². The molecule has 1 amide bonds. The number of piperazine rings is 1. The fourth-order valence-corrected chi connectivity index (χ4v) is 6.35. The van der Waals surface area contributed by atoms with E-state index in [0.717, 1.165) is 36.3 Å². The molecule has 178 valence electrons. The zero-order chi connectivity index (χ0) is 23.3. The summed E-state index contributed by atoms with van der Waals surface area (Å²) in [5.41, 5.74) is 2.41. The van der Waals surface area contributed by atoms with Crippen LogP contribution in [0.25, 0.3) is 0 Å². The fraction of sp³-hybridized carbons (Fsp3) is 0.458. The summed E-state index contributed by atoms with van der Waals surface area (Å²) in [6, 6.07) is 12.9. The number of ether oxygens (including phenoxy) is 2. The molecule has 0 spiro atoms. The smallest absolute Gasteiger partial charge is 0.243 e. The molecule has 2 aromatic rings. The maximum Gasteiger partial charge on any atom is 0.243 e. The van der Waals surface area contributed by atoms with Crippen molar-refractivity contribution in [3.63, 3.8) is 0 Å². The summed E-state index contributed by atoms with van der Waals surface area (Å²) >= 11 is 1.52. The van der Waals surface area contributed by atoms with Gasteiger partial charge in [-0.3, -0.25) is 4.79 Å². The van der Waals surface area contributed by atoms with Gasteiger partial charge in [0, 0.05) is 31.9 Å². The van der Waals surface area contributed by atoms with Crippen LogP contribution in [0, 0.1) is 0 Å². The molecule has 2 aromatic carbocycles. The molecule has 0 saturated carbocycles. The maximum atomic E-state index is 13.1. The SMILES string of the molecule is COc1ccc(OCCSCC(=O)N2CCN(S(=O)(=O)c3ccc4c(c3)CCC4)CC2)cc1. The number of methoxy groups -OCH3 is 1. The summed E-state index contributed by atoms with van der Waals surface area (Å²) in [7, 11) is -1.90. The first-order chi connectivity index (χ1) is 16.0. The van der Waals surface area contributed by atoms with E-state index in [9.17, 15) is 13.2 Å². The number of fused-ring (bicyclic) bond motifs is 1. The lowest BCUT2D eigenvalue weighted by Gasteiger charge is -2.34. The Bertz CT molecular complexity index is 1060. The van der Waals surface area contributed by atoms with Gasteiger partial charge in [0.15, 0.2) is 0 Å². The van der Waals surface area contributed by atoms with E-state index in [0.29, 0.717) is 49.2 Å². The van der Waals surface area contributed by atoms with Gasteiger partial charge >= 0.3 is 0 Å². The van der Waals surface area contributed by atoms with E-state index in [1.165, 1.54) is 21.6 Å². The van der Waals surface area contributed by atoms with Gasteiger partial charge in [0.2, 0.25) is 15.9 Å². The molecule has 0 unspecified atom stereocenters. The van der Waals surface area contributed by atoms with Gasteiger partial charge in [-0.2, -0.15) is 4.31 Å². The summed E-state index contributed by atoms with van der Waals surface area (Å²) in [6.07, 6.45) is 3.07. The van der Waals surface area contributed by atoms with Gasteiger partial charge < -0.3 is 14.4 Å². The Hall–Kier alpha value is -2.23. The predicted molar refractivity (Wildman–Crippen MR) is 130 cm³/mol. The summed E-state index contributed by atoms with van der Waals surface area (Å²) in [6.45, 7) is 2.02. The van der Waals surface area contributed by atoms with Crippen molar-refractivity contribution >= 4 is 27.7 Å². The average molecular weight is 491 g/mol. The van der Waals surface area contributed by atoms with Gasteiger partial charge in [0.25, 0.3) is 0 Å². The monoisotopic (exact) mass is 490 g/mol. The zero-order valence-electron chi connectivity index (χ0n) is 18.9. The predicted octanol–water partition coefficient (Wildman–Crippen LogP) is 2.83. The molecule has 1 aliphatic heterocycles. The van der Waals surface area contributed by atoms with Crippen LogP contribution in [0.1, 0.15) is 17.5 Å². The van der Waals surface area contributed by atoms with E-state index >= 15 is 0 Å². The third-order valence-corrected chi connectivity index (χ3v) is 8.88. The molecule has 33 heavy (non-hydrogen) atoms. The van der Waals surface area contributed by atoms with Gasteiger partial charge in [-0.15, -0.1) is 11.8 Å². The van der Waals surface area contributed by atoms with E-state index in [1.54, 1.807) is 18.1 Å². The molecule has 4 rings (SSSR count). The van der Waals surface area contributed by atoms with Gasteiger partial charge in [0.05, 0.1) is 24.4 Å². The van der Waals surface area contributed by atoms with Crippen molar-refractivity contribution in [3.8, 4) is 11.5 Å². The number of nitrogens with zero attached hydrogens (tertiary/aromatic N) is 2. The van der Waals surface area contributed by atoms with Crippen LogP contribution in [0.15, 0.2) is 47.4 Å². The molecule has 2 aliphatic rings. The van der Waals surface area contributed by atoms with E-state index in [1.807, 2.05) is 36.4 Å². The second-order valence-corrected chi connectivity index (χ2v) is 11.2. The third kappa shape index (κ3) is 5.83. The highest BCUT2D eigenvalue weighted by molar-refractivity contribution is 7.99. The van der Waals surface area contributed by atoms with Gasteiger partial charge in [-0.25, -0.2) is 8.42 Å². The highest BCUT2D eigenvalue weighted by Crippen LogP contribution is 2.27. The Balaban J connectivity index is 1.18. The molecule has 1 aliphatic carbocycles. The molecule has 9 heteroatoms. The fourth-order valence-electron chi connectivity index (χ4n) is 4.18. The first-order valence-corrected chi connectivity index (χ1v) is 13.8. The number of hydrogen-bond acceptors (Lipinski definition) is 6. The van der Waals surface area contributed by atoms with Crippen molar-refractivity contribution < 1.29 is 22.7 Å². The molecule has 0 atom stereocenters. The number of thioether (sulfide) groups is 1. The minimum atomic E-state index is -3.52. The highest BCUT2D eigenvalue weighted by atomic mass is 32.2. The Kier molecular flexibility index (Phi) is 7.82. The molecule has 0 aromatic heterocycles. The summed E-state index contributed by atoms with van der Waals surface area (Å²) in [5.74, 6) is 2.65. The van der Waals surface area contributed by atoms with Crippen LogP contribution in [0.2, 0.25) is 0 Å². The Morgan fingerprint density at radius 3 is 2.39 bits per heavy atom. The molecule has 0 N–H and O–H groups in total. The quantitative estimate of drug-likeness (QED) is 0.503. The van der Waals surface area contributed by atoms with Crippen molar-refractivity contribution in [2.45, 2.75) is 24.2 Å². The lowest BCUT2D eigenvalue weighted by atomic mass is 10.1. The number of benzene rings is 2. The Morgan fingerprint density at radius 1 is 0.970 bits per heavy atom. The molecule has 1 saturated heterocycles. The lowest BCUT2D eigenvalue weighted by Crippen LogP contribution is -2.51. The topological polar surface area (TPSA) is 76.2 Å². The second kappa shape index (κ2) is 10.8. The molecule has 1 fully saturated rings. The van der Waals surface area contributed by atoms with Crippen LogP contribution in [0.4, 0.5) is 0 Å². The molecule has 1 heterocycles. The number of aryl methyl sites for hydroxylation is 2. The van der Waals surface area contributed by atoms with Gasteiger partial charge in [-0.1, -0.05) is 6.07 Å². The van der Waals surface area contributed by atoms with Crippen molar-refractivity contribution in [3.05, 3.63) is 53.6 Å². The van der Waals surface area contributed by atoms with E-state index in [4.69, 9.17) is 9.47 Å². The minimum absolute atomic E-state index is 0.0408. The third-order valence-electron chi connectivity index (χ3n) is 6.08. The van der Waals surface area contributed by atoms with Crippen LogP contribution in [-0.4, -0.2) is 74.9 Å². The van der Waals surface area contributed by atoms with Crippen molar-refractivity contribution in [1.82, 2.24) is 9.21 Å². The number of sulfonamides is 1. The lowest BCUT2D eigenvalue weighted by molar-refractivity contribution is -0.129. The number of carbonyl (C=O) groups excluding carboxylic acids is 1. The molecule has 0 bridgehead atoms. The Morgan fingerprint density at radius 2 is 1.67 bits per heavy atom. The molecule has 7 nitrogen and oxygen atoms in total. The van der Waals surface area contributed by atoms with E-state index < -0.39 is 10.0 Å². The summed E-state index contributed by atoms with van der Waals surface area (Å²) in [5, 5.41) is 0. The van der Waals surface area contributed by atoms with Gasteiger partial charge in [-0.05, 0) is 66.8 Å². The van der Waals surface area contributed by atoms with E-state index in [2.05, 4.69) is 0 Å². The van der Waals surface area contributed by atoms with Crippen LogP contribution in [-0.2, 0) is 27.7 Å².